The molecule has 0 aliphatic carbocycles. The average molecular weight is 402 g/mol. The topological polar surface area (TPSA) is 71.7 Å². The second kappa shape index (κ2) is 6.83. The van der Waals surface area contributed by atoms with Crippen molar-refractivity contribution in [2.24, 2.45) is 18.0 Å². The van der Waals surface area contributed by atoms with Gasteiger partial charge in [0.2, 0.25) is 10.0 Å². The Hall–Kier alpha value is -1.22. The average Bonchev–Trinajstić information content (AvgIpc) is 2.82. The van der Waals surface area contributed by atoms with Crippen LogP contribution >= 0.6 is 22.9 Å². The van der Waals surface area contributed by atoms with Gasteiger partial charge in [-0.1, -0.05) is 22.9 Å². The molecule has 1 aliphatic heterocycles. The number of aryl methyl sites for hydroxylation is 2. The van der Waals surface area contributed by atoms with Crippen molar-refractivity contribution in [1.29, 1.82) is 0 Å². The highest BCUT2D eigenvalue weighted by atomic mass is 35.5. The van der Waals surface area contributed by atoms with Crippen molar-refractivity contribution in [1.82, 2.24) is 8.87 Å². The first-order chi connectivity index (χ1) is 11.7. The Bertz CT molecular complexity index is 1000. The van der Waals surface area contributed by atoms with Gasteiger partial charge < -0.3 is 4.57 Å². The summed E-state index contributed by atoms with van der Waals surface area (Å²) >= 11 is 7.54. The number of aromatic nitrogens is 1. The minimum absolute atomic E-state index is 0.181. The normalized spacial score (nSPS) is 18.2. The van der Waals surface area contributed by atoms with Crippen molar-refractivity contribution >= 4 is 49.1 Å². The van der Waals surface area contributed by atoms with Gasteiger partial charge in [0.05, 0.1) is 16.5 Å². The molecule has 1 amide bonds. The molecule has 1 aromatic heterocycles. The minimum Gasteiger partial charge on any atom is -0.319 e. The molecule has 25 heavy (non-hydrogen) atoms. The van der Waals surface area contributed by atoms with Crippen LogP contribution in [0, 0.1) is 12.8 Å². The minimum atomic E-state index is -3.19. The molecule has 0 atom stereocenters. The lowest BCUT2D eigenvalue weighted by atomic mass is 9.98. The number of fused-ring (bicyclic) bond motifs is 1. The Balaban J connectivity index is 1.87. The Morgan fingerprint density at radius 1 is 1.32 bits per heavy atom. The SMILES string of the molecule is Cc1cc(Cl)cc2sc(=NC(=O)C3CCN(S(C)(=O)=O)CC3)n(C)c12. The highest BCUT2D eigenvalue weighted by Crippen LogP contribution is 2.25. The van der Waals surface area contributed by atoms with Gasteiger partial charge >= 0.3 is 0 Å². The van der Waals surface area contributed by atoms with Gasteiger partial charge in [0, 0.05) is 31.1 Å². The zero-order valence-electron chi connectivity index (χ0n) is 14.3. The molecule has 2 heterocycles. The van der Waals surface area contributed by atoms with Crippen LogP contribution < -0.4 is 4.80 Å². The number of amides is 1. The van der Waals surface area contributed by atoms with Gasteiger partial charge in [0.1, 0.15) is 0 Å². The van der Waals surface area contributed by atoms with Gasteiger partial charge in [-0.05, 0) is 37.5 Å². The molecule has 0 saturated carbocycles. The molecule has 1 saturated heterocycles. The maximum atomic E-state index is 12.5. The molecule has 6 nitrogen and oxygen atoms in total. The van der Waals surface area contributed by atoms with E-state index in [1.807, 2.05) is 30.7 Å². The predicted octanol–water partition coefficient (Wildman–Crippen LogP) is 2.30. The lowest BCUT2D eigenvalue weighted by Crippen LogP contribution is -2.39. The van der Waals surface area contributed by atoms with E-state index < -0.39 is 10.0 Å². The van der Waals surface area contributed by atoms with Crippen LogP contribution in [-0.4, -0.2) is 42.5 Å². The third-order valence-electron chi connectivity index (χ3n) is 4.53. The fourth-order valence-corrected chi connectivity index (χ4v) is 5.55. The molecule has 1 aromatic carbocycles. The van der Waals surface area contributed by atoms with E-state index in [0.29, 0.717) is 35.8 Å². The summed E-state index contributed by atoms with van der Waals surface area (Å²) in [7, 11) is -1.30. The van der Waals surface area contributed by atoms with E-state index in [1.165, 1.54) is 21.9 Å². The van der Waals surface area contributed by atoms with E-state index >= 15 is 0 Å². The summed E-state index contributed by atoms with van der Waals surface area (Å²) in [6.45, 7) is 2.73. The number of carbonyl (C=O) groups excluding carboxylic acids is 1. The molecule has 0 bridgehead atoms. The van der Waals surface area contributed by atoms with Gasteiger partial charge in [0.15, 0.2) is 4.80 Å². The Kier molecular flexibility index (Phi) is 5.07. The highest BCUT2D eigenvalue weighted by Gasteiger charge is 2.28. The highest BCUT2D eigenvalue weighted by molar-refractivity contribution is 7.88. The molecule has 3 rings (SSSR count). The lowest BCUT2D eigenvalue weighted by Gasteiger charge is -2.28. The summed E-state index contributed by atoms with van der Waals surface area (Å²) in [5.41, 5.74) is 2.06. The van der Waals surface area contributed by atoms with Crippen LogP contribution in [0.1, 0.15) is 18.4 Å². The van der Waals surface area contributed by atoms with Crippen LogP contribution in [0.2, 0.25) is 5.02 Å². The van der Waals surface area contributed by atoms with Crippen molar-refractivity contribution in [3.8, 4) is 0 Å². The second-order valence-electron chi connectivity index (χ2n) is 6.40. The first kappa shape index (κ1) is 18.6. The second-order valence-corrected chi connectivity index (χ2v) is 9.83. The van der Waals surface area contributed by atoms with Crippen LogP contribution in [-0.2, 0) is 21.9 Å². The standard InChI is InChI=1S/C16H20ClN3O3S2/c1-10-8-12(17)9-13-14(10)19(2)16(24-13)18-15(21)11-4-6-20(7-5-11)25(3,22)23/h8-9,11H,4-7H2,1-3H3. The molecule has 0 unspecified atom stereocenters. The van der Waals surface area contributed by atoms with Crippen LogP contribution in [0.5, 0.6) is 0 Å². The zero-order valence-corrected chi connectivity index (χ0v) is 16.7. The third kappa shape index (κ3) is 3.81. The number of halogens is 1. The summed E-state index contributed by atoms with van der Waals surface area (Å²) in [5.74, 6) is -0.410. The molecule has 136 valence electrons. The summed E-state index contributed by atoms with van der Waals surface area (Å²) in [6, 6.07) is 3.77. The number of rotatable bonds is 2. The van der Waals surface area contributed by atoms with Crippen molar-refractivity contribution in [2.75, 3.05) is 19.3 Å². The number of carbonyl (C=O) groups is 1. The van der Waals surface area contributed by atoms with E-state index in [0.717, 1.165) is 15.8 Å². The van der Waals surface area contributed by atoms with E-state index in [4.69, 9.17) is 11.6 Å². The third-order valence-corrected chi connectivity index (χ3v) is 7.13. The fraction of sp³-hybridized carbons (Fsp3) is 0.500. The monoisotopic (exact) mass is 401 g/mol. The number of hydrogen-bond donors (Lipinski definition) is 0. The van der Waals surface area contributed by atoms with Crippen LogP contribution in [0.25, 0.3) is 10.2 Å². The molecule has 2 aromatic rings. The van der Waals surface area contributed by atoms with Gasteiger partial charge in [-0.2, -0.15) is 4.99 Å². The van der Waals surface area contributed by atoms with E-state index in [2.05, 4.69) is 4.99 Å². The predicted molar refractivity (Wildman–Crippen MR) is 100 cm³/mol. The summed E-state index contributed by atoms with van der Waals surface area (Å²) in [6.07, 6.45) is 2.22. The first-order valence-corrected chi connectivity index (χ1v) is 11.0. The molecule has 0 radical (unpaired) electrons. The van der Waals surface area contributed by atoms with Gasteiger partial charge in [-0.25, -0.2) is 12.7 Å². The Morgan fingerprint density at radius 2 is 1.96 bits per heavy atom. The molecular formula is C16H20ClN3O3S2. The number of piperidine rings is 1. The van der Waals surface area contributed by atoms with Gasteiger partial charge in [-0.15, -0.1) is 0 Å². The van der Waals surface area contributed by atoms with Crippen LogP contribution in [0.4, 0.5) is 0 Å². The number of hydrogen-bond acceptors (Lipinski definition) is 4. The smallest absolute Gasteiger partial charge is 0.251 e. The van der Waals surface area contributed by atoms with Crippen molar-refractivity contribution < 1.29 is 13.2 Å². The van der Waals surface area contributed by atoms with Crippen molar-refractivity contribution in [2.45, 2.75) is 19.8 Å². The van der Waals surface area contributed by atoms with Crippen LogP contribution in [0.3, 0.4) is 0 Å². The van der Waals surface area contributed by atoms with Gasteiger partial charge in [-0.3, -0.25) is 4.79 Å². The molecule has 9 heteroatoms. The van der Waals surface area contributed by atoms with Gasteiger partial charge in [0.25, 0.3) is 5.91 Å². The van der Waals surface area contributed by atoms with E-state index in [1.54, 1.807) is 0 Å². The van der Waals surface area contributed by atoms with Crippen LogP contribution in [0.15, 0.2) is 17.1 Å². The molecular weight excluding hydrogens is 382 g/mol. The number of benzene rings is 1. The molecule has 1 fully saturated rings. The fourth-order valence-electron chi connectivity index (χ4n) is 3.19. The lowest BCUT2D eigenvalue weighted by molar-refractivity contribution is -0.122. The Labute approximate surface area is 155 Å². The van der Waals surface area contributed by atoms with Crippen molar-refractivity contribution in [3.05, 3.63) is 27.5 Å². The first-order valence-electron chi connectivity index (χ1n) is 7.96. The largest absolute Gasteiger partial charge is 0.319 e. The maximum Gasteiger partial charge on any atom is 0.251 e. The molecule has 0 N–H and O–H groups in total. The maximum absolute atomic E-state index is 12.5. The summed E-state index contributed by atoms with van der Waals surface area (Å²) in [4.78, 5) is 17.5. The number of nitrogens with zero attached hydrogens (tertiary/aromatic N) is 3. The zero-order chi connectivity index (χ0) is 18.4. The van der Waals surface area contributed by atoms with E-state index in [-0.39, 0.29) is 11.8 Å². The molecule has 0 spiro atoms. The summed E-state index contributed by atoms with van der Waals surface area (Å²) < 4.78 is 27.4. The van der Waals surface area contributed by atoms with Crippen molar-refractivity contribution in [3.63, 3.8) is 0 Å². The quantitative estimate of drug-likeness (QED) is 0.775. The number of thiazole rings is 1. The van der Waals surface area contributed by atoms with E-state index in [9.17, 15) is 13.2 Å². The number of sulfonamides is 1. The molecule has 1 aliphatic rings. The Morgan fingerprint density at radius 3 is 2.56 bits per heavy atom. The summed E-state index contributed by atoms with van der Waals surface area (Å²) in [5, 5.41) is 0.665.